The van der Waals surface area contributed by atoms with Crippen molar-refractivity contribution in [3.8, 4) is 5.92 Å². The van der Waals surface area contributed by atoms with Crippen molar-refractivity contribution in [3.63, 3.8) is 0 Å². The number of benzene rings is 1. The number of hydrogen-bond donors (Lipinski definition) is 2. The number of carboxylic acid groups (broad SMARTS) is 1. The summed E-state index contributed by atoms with van der Waals surface area (Å²) in [5.74, 6) is 0.627. The standard InChI is InChI=1S/C11H8NO3/c1-2-8-3-5-9(6-4-8)11(15)12-7-10(13)14/h3-6H,7H2,(H,12,15)(H,13,14). The van der Waals surface area contributed by atoms with Gasteiger partial charge < -0.3 is 10.4 Å². The van der Waals surface area contributed by atoms with E-state index in [1.807, 2.05) is 0 Å². The van der Waals surface area contributed by atoms with E-state index >= 15 is 0 Å². The molecule has 1 radical (unpaired) electrons. The molecule has 4 nitrogen and oxygen atoms in total. The second-order valence-electron chi connectivity index (χ2n) is 2.78. The molecule has 0 saturated carbocycles. The summed E-state index contributed by atoms with van der Waals surface area (Å²) in [7, 11) is 0. The number of carbonyl (C=O) groups excluding carboxylic acids is 1. The SMILES string of the molecule is [C]#Cc1ccc(C(=O)NCC(=O)O)cc1. The van der Waals surface area contributed by atoms with Crippen molar-refractivity contribution < 1.29 is 14.7 Å². The van der Waals surface area contributed by atoms with Gasteiger partial charge in [0.15, 0.2) is 0 Å². The molecule has 0 saturated heterocycles. The largest absolute Gasteiger partial charge is 0.480 e. The summed E-state index contributed by atoms with van der Waals surface area (Å²) in [6.07, 6.45) is 6.83. The van der Waals surface area contributed by atoms with Crippen LogP contribution in [0.3, 0.4) is 0 Å². The lowest BCUT2D eigenvalue weighted by atomic mass is 10.1. The molecule has 1 amide bonds. The highest BCUT2D eigenvalue weighted by molar-refractivity contribution is 5.95. The zero-order valence-electron chi connectivity index (χ0n) is 7.78. The maximum atomic E-state index is 11.3. The third-order valence-electron chi connectivity index (χ3n) is 1.69. The summed E-state index contributed by atoms with van der Waals surface area (Å²) in [5, 5.41) is 10.6. The van der Waals surface area contributed by atoms with Crippen molar-refractivity contribution in [3.05, 3.63) is 41.8 Å². The van der Waals surface area contributed by atoms with Crippen LogP contribution in [-0.4, -0.2) is 23.5 Å². The monoisotopic (exact) mass is 202 g/mol. The second kappa shape index (κ2) is 4.82. The van der Waals surface area contributed by atoms with Crippen LogP contribution in [0.4, 0.5) is 0 Å². The fourth-order valence-electron chi connectivity index (χ4n) is 0.963. The summed E-state index contributed by atoms with van der Waals surface area (Å²) in [5.41, 5.74) is 0.917. The average molecular weight is 202 g/mol. The van der Waals surface area contributed by atoms with Gasteiger partial charge in [-0.2, -0.15) is 0 Å². The van der Waals surface area contributed by atoms with Crippen LogP contribution >= 0.6 is 0 Å². The number of hydrogen-bond acceptors (Lipinski definition) is 2. The van der Waals surface area contributed by atoms with Crippen LogP contribution in [0.25, 0.3) is 0 Å². The molecule has 15 heavy (non-hydrogen) atoms. The number of rotatable bonds is 3. The van der Waals surface area contributed by atoms with Crippen LogP contribution in [0.5, 0.6) is 0 Å². The Kier molecular flexibility index (Phi) is 3.47. The van der Waals surface area contributed by atoms with E-state index in [2.05, 4.69) is 11.2 Å². The molecular weight excluding hydrogens is 194 g/mol. The average Bonchev–Trinajstić information content (AvgIpc) is 2.26. The van der Waals surface area contributed by atoms with E-state index in [0.717, 1.165) is 0 Å². The van der Waals surface area contributed by atoms with Gasteiger partial charge in [-0.3, -0.25) is 9.59 Å². The van der Waals surface area contributed by atoms with Crippen LogP contribution in [-0.2, 0) is 4.79 Å². The molecule has 0 unspecified atom stereocenters. The first-order valence-corrected chi connectivity index (χ1v) is 4.16. The fourth-order valence-corrected chi connectivity index (χ4v) is 0.963. The van der Waals surface area contributed by atoms with Crippen molar-refractivity contribution in [2.75, 3.05) is 6.54 Å². The van der Waals surface area contributed by atoms with Crippen LogP contribution < -0.4 is 5.32 Å². The highest BCUT2D eigenvalue weighted by Gasteiger charge is 2.05. The van der Waals surface area contributed by atoms with Gasteiger partial charge in [-0.15, -0.1) is 0 Å². The van der Waals surface area contributed by atoms with Crippen molar-refractivity contribution in [1.29, 1.82) is 0 Å². The highest BCUT2D eigenvalue weighted by Crippen LogP contribution is 2.02. The van der Waals surface area contributed by atoms with Gasteiger partial charge in [-0.25, -0.2) is 0 Å². The van der Waals surface area contributed by atoms with Crippen molar-refractivity contribution in [2.24, 2.45) is 0 Å². The van der Waals surface area contributed by atoms with Gasteiger partial charge >= 0.3 is 5.97 Å². The minimum Gasteiger partial charge on any atom is -0.480 e. The van der Waals surface area contributed by atoms with Crippen LogP contribution in [0.1, 0.15) is 15.9 Å². The highest BCUT2D eigenvalue weighted by atomic mass is 16.4. The topological polar surface area (TPSA) is 66.4 Å². The fraction of sp³-hybridized carbons (Fsp3) is 0.0909. The van der Waals surface area contributed by atoms with Crippen molar-refractivity contribution in [2.45, 2.75) is 0 Å². The number of aliphatic carboxylic acids is 1. The van der Waals surface area contributed by atoms with Gasteiger partial charge in [0.05, 0.1) is 0 Å². The molecule has 1 aromatic rings. The van der Waals surface area contributed by atoms with E-state index in [0.29, 0.717) is 11.1 Å². The van der Waals surface area contributed by atoms with E-state index in [1.54, 1.807) is 12.1 Å². The Morgan fingerprint density at radius 3 is 2.40 bits per heavy atom. The van der Waals surface area contributed by atoms with E-state index in [4.69, 9.17) is 11.5 Å². The van der Waals surface area contributed by atoms with Gasteiger partial charge in [-0.1, -0.05) is 5.92 Å². The maximum Gasteiger partial charge on any atom is 0.322 e. The first-order chi connectivity index (χ1) is 7.13. The van der Waals surface area contributed by atoms with E-state index in [1.165, 1.54) is 12.1 Å². The lowest BCUT2D eigenvalue weighted by molar-refractivity contribution is -0.135. The first kappa shape index (κ1) is 10.8. The van der Waals surface area contributed by atoms with E-state index < -0.39 is 18.4 Å². The van der Waals surface area contributed by atoms with Crippen molar-refractivity contribution >= 4 is 11.9 Å². The molecule has 0 aliphatic carbocycles. The molecular formula is C11H8NO3. The minimum atomic E-state index is -1.09. The van der Waals surface area contributed by atoms with Gasteiger partial charge in [0.2, 0.25) is 0 Å². The Morgan fingerprint density at radius 1 is 1.33 bits per heavy atom. The third kappa shape index (κ3) is 3.16. The minimum absolute atomic E-state index is 0.357. The molecule has 0 heterocycles. The molecule has 0 spiro atoms. The zero-order valence-corrected chi connectivity index (χ0v) is 7.78. The number of carboxylic acids is 1. The molecule has 4 heteroatoms. The quantitative estimate of drug-likeness (QED) is 0.699. The lowest BCUT2D eigenvalue weighted by Crippen LogP contribution is -2.29. The molecule has 0 aliphatic rings. The van der Waals surface area contributed by atoms with E-state index in [-0.39, 0.29) is 0 Å². The second-order valence-corrected chi connectivity index (χ2v) is 2.78. The number of carbonyl (C=O) groups is 2. The Balaban J connectivity index is 2.67. The molecule has 0 aliphatic heterocycles. The lowest BCUT2D eigenvalue weighted by Gasteiger charge is -2.01. The summed E-state index contributed by atoms with van der Waals surface area (Å²) in [6.45, 7) is -0.405. The molecule has 0 fully saturated rings. The van der Waals surface area contributed by atoms with Crippen LogP contribution in [0.2, 0.25) is 0 Å². The Labute approximate surface area is 86.9 Å². The maximum absolute atomic E-state index is 11.3. The Hall–Kier alpha value is -2.28. The molecule has 1 aromatic carbocycles. The smallest absolute Gasteiger partial charge is 0.322 e. The van der Waals surface area contributed by atoms with Gasteiger partial charge in [0.1, 0.15) is 6.54 Å². The summed E-state index contributed by atoms with van der Waals surface area (Å²) < 4.78 is 0. The Morgan fingerprint density at radius 2 is 1.93 bits per heavy atom. The molecule has 75 valence electrons. The predicted octanol–water partition coefficient (Wildman–Crippen LogP) is 0.439. The normalized spacial score (nSPS) is 9.00. The van der Waals surface area contributed by atoms with Gasteiger partial charge in [-0.05, 0) is 30.7 Å². The number of nitrogens with one attached hydrogen (secondary N) is 1. The molecule has 0 atom stereocenters. The summed E-state index contributed by atoms with van der Waals surface area (Å²) >= 11 is 0. The molecule has 0 aromatic heterocycles. The predicted molar refractivity (Wildman–Crippen MR) is 52.6 cm³/mol. The molecule has 1 rings (SSSR count). The molecule has 2 N–H and O–H groups in total. The Bertz CT molecular complexity index is 414. The summed E-state index contributed by atoms with van der Waals surface area (Å²) in [6, 6.07) is 6.13. The third-order valence-corrected chi connectivity index (χ3v) is 1.69. The molecule has 0 bridgehead atoms. The van der Waals surface area contributed by atoms with Crippen molar-refractivity contribution in [1.82, 2.24) is 5.32 Å². The van der Waals surface area contributed by atoms with E-state index in [9.17, 15) is 9.59 Å². The van der Waals surface area contributed by atoms with Crippen LogP contribution in [0, 0.1) is 12.3 Å². The first-order valence-electron chi connectivity index (χ1n) is 4.16. The summed E-state index contributed by atoms with van der Waals surface area (Å²) in [4.78, 5) is 21.5. The number of amides is 1. The van der Waals surface area contributed by atoms with Crippen LogP contribution in [0.15, 0.2) is 24.3 Å². The van der Waals surface area contributed by atoms with Gasteiger partial charge in [0.25, 0.3) is 5.91 Å². The van der Waals surface area contributed by atoms with Gasteiger partial charge in [0, 0.05) is 11.1 Å². The zero-order chi connectivity index (χ0) is 11.3.